The highest BCUT2D eigenvalue weighted by molar-refractivity contribution is 5.79. The van der Waals surface area contributed by atoms with Crippen molar-refractivity contribution in [3.8, 4) is 0 Å². The molecular formula is C11H15F3N2O3. The number of aromatic nitrogens is 2. The fourth-order valence-electron chi connectivity index (χ4n) is 1.35. The second-order valence-corrected chi connectivity index (χ2v) is 3.99. The number of nitrogens with zero attached hydrogens (tertiary/aromatic N) is 2. The molecule has 0 atom stereocenters. The van der Waals surface area contributed by atoms with Gasteiger partial charge in [0.1, 0.15) is 12.4 Å². The lowest BCUT2D eigenvalue weighted by molar-refractivity contribution is -0.173. The van der Waals surface area contributed by atoms with Crippen LogP contribution in [0.3, 0.4) is 0 Å². The topological polar surface area (TPSA) is 65.2 Å². The van der Waals surface area contributed by atoms with Crippen LogP contribution in [-0.2, 0) is 22.4 Å². The van der Waals surface area contributed by atoms with E-state index >= 15 is 0 Å². The van der Waals surface area contributed by atoms with E-state index in [1.165, 1.54) is 0 Å². The van der Waals surface area contributed by atoms with Crippen LogP contribution in [0, 0.1) is 0 Å². The molecule has 1 aromatic rings. The first-order valence-electron chi connectivity index (χ1n) is 5.88. The van der Waals surface area contributed by atoms with Gasteiger partial charge in [-0.25, -0.2) is 0 Å². The molecule has 108 valence electrons. The molecule has 19 heavy (non-hydrogen) atoms. The van der Waals surface area contributed by atoms with E-state index in [1.807, 2.05) is 6.92 Å². The predicted molar refractivity (Wildman–Crippen MR) is 58.5 cm³/mol. The van der Waals surface area contributed by atoms with Gasteiger partial charge in [0.05, 0.1) is 13.0 Å². The molecule has 0 saturated heterocycles. The molecule has 0 aromatic carbocycles. The maximum Gasteiger partial charge on any atom is 0.411 e. The van der Waals surface area contributed by atoms with Crippen LogP contribution >= 0.6 is 0 Å². The van der Waals surface area contributed by atoms with E-state index in [0.29, 0.717) is 6.42 Å². The van der Waals surface area contributed by atoms with Gasteiger partial charge in [-0.1, -0.05) is 12.1 Å². The Morgan fingerprint density at radius 1 is 1.42 bits per heavy atom. The number of Topliss-reactive ketones (excluding diaryl/α,β-unsaturated/α-hetero) is 1. The fraction of sp³-hybridized carbons (Fsp3) is 0.727. The highest BCUT2D eigenvalue weighted by Crippen LogP contribution is 2.14. The summed E-state index contributed by atoms with van der Waals surface area (Å²) in [5, 5.41) is 3.56. The molecule has 0 bridgehead atoms. The van der Waals surface area contributed by atoms with Crippen LogP contribution in [0.15, 0.2) is 4.52 Å². The van der Waals surface area contributed by atoms with Crippen LogP contribution in [0.2, 0.25) is 0 Å². The minimum Gasteiger partial charge on any atom is -0.372 e. The van der Waals surface area contributed by atoms with Crippen LogP contribution in [0.1, 0.15) is 31.5 Å². The molecule has 1 heterocycles. The normalized spacial score (nSPS) is 11.8. The van der Waals surface area contributed by atoms with Gasteiger partial charge in [0, 0.05) is 12.8 Å². The molecular weight excluding hydrogens is 265 g/mol. The molecule has 0 saturated carbocycles. The van der Waals surface area contributed by atoms with Gasteiger partial charge in [-0.15, -0.1) is 0 Å². The average Bonchev–Trinajstić information content (AvgIpc) is 2.71. The first-order chi connectivity index (χ1) is 8.90. The summed E-state index contributed by atoms with van der Waals surface area (Å²) in [6.07, 6.45) is -2.99. The van der Waals surface area contributed by atoms with Gasteiger partial charge in [0.2, 0.25) is 5.89 Å². The molecule has 0 aliphatic heterocycles. The molecule has 0 fully saturated rings. The van der Waals surface area contributed by atoms with Crippen molar-refractivity contribution >= 4 is 5.78 Å². The van der Waals surface area contributed by atoms with Crippen molar-refractivity contribution in [3.05, 3.63) is 11.7 Å². The number of hydrogen-bond donors (Lipinski definition) is 0. The first-order valence-corrected chi connectivity index (χ1v) is 5.88. The number of ketones is 1. The third-order valence-corrected chi connectivity index (χ3v) is 2.12. The van der Waals surface area contributed by atoms with E-state index in [2.05, 4.69) is 14.9 Å². The standard InChI is InChI=1S/C11H15F3N2O3/c1-2-3-8(17)6-10-15-9(16-19-10)4-5-18-7-11(12,13)14/h2-7H2,1H3. The van der Waals surface area contributed by atoms with Crippen molar-refractivity contribution in [2.75, 3.05) is 13.2 Å². The van der Waals surface area contributed by atoms with Crippen molar-refractivity contribution < 1.29 is 27.2 Å². The van der Waals surface area contributed by atoms with Crippen LogP contribution < -0.4 is 0 Å². The monoisotopic (exact) mass is 280 g/mol. The van der Waals surface area contributed by atoms with E-state index < -0.39 is 12.8 Å². The Balaban J connectivity index is 2.29. The number of ether oxygens (including phenoxy) is 1. The maximum atomic E-state index is 11.8. The number of carbonyl (C=O) groups is 1. The fourth-order valence-corrected chi connectivity index (χ4v) is 1.35. The average molecular weight is 280 g/mol. The third-order valence-electron chi connectivity index (χ3n) is 2.12. The maximum absolute atomic E-state index is 11.8. The highest BCUT2D eigenvalue weighted by atomic mass is 19.4. The number of alkyl halides is 3. The zero-order chi connectivity index (χ0) is 14.3. The molecule has 0 aliphatic carbocycles. The molecule has 5 nitrogen and oxygen atoms in total. The van der Waals surface area contributed by atoms with Crippen LogP contribution in [-0.4, -0.2) is 35.3 Å². The zero-order valence-corrected chi connectivity index (χ0v) is 10.5. The van der Waals surface area contributed by atoms with Gasteiger partial charge < -0.3 is 9.26 Å². The van der Waals surface area contributed by atoms with Gasteiger partial charge in [-0.05, 0) is 6.42 Å². The Morgan fingerprint density at radius 2 is 2.16 bits per heavy atom. The Hall–Kier alpha value is -1.44. The van der Waals surface area contributed by atoms with Gasteiger partial charge >= 0.3 is 6.18 Å². The molecule has 0 unspecified atom stereocenters. The Bertz CT molecular complexity index is 404. The quantitative estimate of drug-likeness (QED) is 0.682. The van der Waals surface area contributed by atoms with E-state index in [4.69, 9.17) is 4.52 Å². The van der Waals surface area contributed by atoms with Crippen molar-refractivity contribution in [3.63, 3.8) is 0 Å². The largest absolute Gasteiger partial charge is 0.411 e. The molecule has 1 aromatic heterocycles. The summed E-state index contributed by atoms with van der Waals surface area (Å²) in [6.45, 7) is 0.434. The second kappa shape index (κ2) is 7.22. The third kappa shape index (κ3) is 6.90. The smallest absolute Gasteiger partial charge is 0.372 e. The molecule has 0 radical (unpaired) electrons. The van der Waals surface area contributed by atoms with Crippen LogP contribution in [0.5, 0.6) is 0 Å². The molecule has 0 amide bonds. The van der Waals surface area contributed by atoms with Gasteiger partial charge in [0.15, 0.2) is 5.82 Å². The molecule has 8 heteroatoms. The van der Waals surface area contributed by atoms with Crippen molar-refractivity contribution in [2.45, 2.75) is 38.8 Å². The molecule has 0 aliphatic rings. The number of hydrogen-bond acceptors (Lipinski definition) is 5. The van der Waals surface area contributed by atoms with E-state index in [1.54, 1.807) is 0 Å². The van der Waals surface area contributed by atoms with Crippen LogP contribution in [0.25, 0.3) is 0 Å². The lowest BCUT2D eigenvalue weighted by atomic mass is 10.2. The van der Waals surface area contributed by atoms with E-state index in [9.17, 15) is 18.0 Å². The minimum absolute atomic E-state index is 0.00831. The first kappa shape index (κ1) is 15.6. The lowest BCUT2D eigenvalue weighted by Gasteiger charge is -2.05. The summed E-state index contributed by atoms with van der Waals surface area (Å²) in [4.78, 5) is 15.2. The molecule has 0 N–H and O–H groups in total. The van der Waals surface area contributed by atoms with Crippen molar-refractivity contribution in [1.29, 1.82) is 0 Å². The Morgan fingerprint density at radius 3 is 2.79 bits per heavy atom. The molecule has 0 spiro atoms. The predicted octanol–water partition coefficient (Wildman–Crippen LogP) is 2.10. The molecule has 1 rings (SSSR count). The minimum atomic E-state index is -4.34. The summed E-state index contributed by atoms with van der Waals surface area (Å²) in [5.41, 5.74) is 0. The summed E-state index contributed by atoms with van der Waals surface area (Å²) < 4.78 is 44.6. The lowest BCUT2D eigenvalue weighted by Crippen LogP contribution is -2.18. The summed E-state index contributed by atoms with van der Waals surface area (Å²) in [6, 6.07) is 0. The van der Waals surface area contributed by atoms with Crippen LogP contribution in [0.4, 0.5) is 13.2 Å². The van der Waals surface area contributed by atoms with Gasteiger partial charge in [-0.3, -0.25) is 4.79 Å². The number of rotatable bonds is 8. The highest BCUT2D eigenvalue weighted by Gasteiger charge is 2.27. The summed E-state index contributed by atoms with van der Waals surface area (Å²) >= 11 is 0. The SMILES string of the molecule is CCCC(=O)Cc1nc(CCOCC(F)(F)F)no1. The second-order valence-electron chi connectivity index (χ2n) is 3.99. The van der Waals surface area contributed by atoms with E-state index in [-0.39, 0.29) is 36.9 Å². The zero-order valence-electron chi connectivity index (χ0n) is 10.5. The van der Waals surface area contributed by atoms with E-state index in [0.717, 1.165) is 6.42 Å². The van der Waals surface area contributed by atoms with Crippen molar-refractivity contribution in [2.24, 2.45) is 0 Å². The Labute approximate surface area is 108 Å². The van der Waals surface area contributed by atoms with Gasteiger partial charge in [0.25, 0.3) is 0 Å². The number of halogens is 3. The summed E-state index contributed by atoms with van der Waals surface area (Å²) in [7, 11) is 0. The van der Waals surface area contributed by atoms with Gasteiger partial charge in [-0.2, -0.15) is 18.2 Å². The summed E-state index contributed by atoms with van der Waals surface area (Å²) in [5.74, 6) is 0.414. The number of carbonyl (C=O) groups excluding carboxylic acids is 1. The van der Waals surface area contributed by atoms with Crippen molar-refractivity contribution in [1.82, 2.24) is 10.1 Å². The Kier molecular flexibility index (Phi) is 5.94.